The van der Waals surface area contributed by atoms with Crippen molar-refractivity contribution in [2.75, 3.05) is 11.9 Å². The number of benzene rings is 1. The van der Waals surface area contributed by atoms with Crippen LogP contribution in [0.5, 0.6) is 0 Å². The summed E-state index contributed by atoms with van der Waals surface area (Å²) < 4.78 is 5.27. The normalized spacial score (nSPS) is 22.2. The predicted octanol–water partition coefficient (Wildman–Crippen LogP) is 1.59. The summed E-state index contributed by atoms with van der Waals surface area (Å²) in [5, 5.41) is 8.85. The molecule has 0 bridgehead atoms. The summed E-state index contributed by atoms with van der Waals surface area (Å²) in [6.07, 6.45) is -0.689. The molecule has 1 amide bonds. The Hall–Kier alpha value is -1.88. The van der Waals surface area contributed by atoms with Crippen LogP contribution in [-0.4, -0.2) is 36.2 Å². The highest BCUT2D eigenvalue weighted by Crippen LogP contribution is 2.23. The number of aryl methyl sites for hydroxylation is 1. The Morgan fingerprint density at radius 1 is 1.32 bits per heavy atom. The van der Waals surface area contributed by atoms with E-state index in [1.807, 2.05) is 31.2 Å². The molecule has 1 aromatic carbocycles. The number of anilines is 1. The fraction of sp³-hybridized carbons (Fsp3) is 0.429. The van der Waals surface area contributed by atoms with Crippen LogP contribution >= 0.6 is 0 Å². The molecule has 1 fully saturated rings. The van der Waals surface area contributed by atoms with Crippen LogP contribution in [0, 0.1) is 6.92 Å². The average molecular weight is 263 g/mol. The van der Waals surface area contributed by atoms with E-state index < -0.39 is 18.2 Å². The molecule has 1 aliphatic rings. The number of carboxylic acid groups (broad SMARTS) is 1. The molecule has 19 heavy (non-hydrogen) atoms. The lowest BCUT2D eigenvalue weighted by Gasteiger charge is -2.21. The maximum absolute atomic E-state index is 12.2. The number of aliphatic carboxylic acids is 1. The Balaban J connectivity index is 2.06. The molecule has 2 unspecified atom stereocenters. The number of rotatable bonds is 3. The highest BCUT2D eigenvalue weighted by Gasteiger charge is 2.36. The molecule has 0 aliphatic carbocycles. The first-order valence-electron chi connectivity index (χ1n) is 6.21. The molecule has 5 heteroatoms. The molecule has 1 N–H and O–H groups in total. The molecule has 1 saturated heterocycles. The monoisotopic (exact) mass is 263 g/mol. The van der Waals surface area contributed by atoms with E-state index in [1.54, 1.807) is 7.05 Å². The van der Waals surface area contributed by atoms with Crippen molar-refractivity contribution in [1.82, 2.24) is 0 Å². The topological polar surface area (TPSA) is 66.8 Å². The Bertz CT molecular complexity index is 500. The third kappa shape index (κ3) is 2.93. The van der Waals surface area contributed by atoms with E-state index in [0.717, 1.165) is 11.3 Å². The molecule has 1 aromatic rings. The second-order valence-electron chi connectivity index (χ2n) is 4.77. The van der Waals surface area contributed by atoms with Gasteiger partial charge in [-0.2, -0.15) is 0 Å². The third-order valence-corrected chi connectivity index (χ3v) is 3.29. The summed E-state index contributed by atoms with van der Waals surface area (Å²) in [7, 11) is 1.68. The van der Waals surface area contributed by atoms with Gasteiger partial charge in [-0.15, -0.1) is 0 Å². The van der Waals surface area contributed by atoms with Crippen molar-refractivity contribution < 1.29 is 19.4 Å². The van der Waals surface area contributed by atoms with Gasteiger partial charge in [0.2, 0.25) is 0 Å². The predicted molar refractivity (Wildman–Crippen MR) is 70.1 cm³/mol. The van der Waals surface area contributed by atoms with Gasteiger partial charge in [0, 0.05) is 12.7 Å². The SMILES string of the molecule is Cc1cccc(N(C)C(=O)C2CCC(C(=O)O)O2)c1. The van der Waals surface area contributed by atoms with Gasteiger partial charge in [0.15, 0.2) is 6.10 Å². The Morgan fingerprint density at radius 2 is 2.00 bits per heavy atom. The molecule has 0 saturated carbocycles. The summed E-state index contributed by atoms with van der Waals surface area (Å²) >= 11 is 0. The largest absolute Gasteiger partial charge is 0.479 e. The lowest BCUT2D eigenvalue weighted by Crippen LogP contribution is -2.37. The number of likely N-dealkylation sites (N-methyl/N-ethyl adjacent to an activating group) is 1. The molecule has 2 rings (SSSR count). The number of nitrogens with zero attached hydrogens (tertiary/aromatic N) is 1. The number of carboxylic acids is 1. The first kappa shape index (κ1) is 13.5. The van der Waals surface area contributed by atoms with Gasteiger partial charge in [-0.25, -0.2) is 4.79 Å². The van der Waals surface area contributed by atoms with Crippen molar-refractivity contribution in [1.29, 1.82) is 0 Å². The molecule has 1 heterocycles. The maximum atomic E-state index is 12.2. The highest BCUT2D eigenvalue weighted by atomic mass is 16.5. The molecule has 0 spiro atoms. The van der Waals surface area contributed by atoms with E-state index in [1.165, 1.54) is 4.90 Å². The van der Waals surface area contributed by atoms with Gasteiger partial charge < -0.3 is 14.7 Å². The number of amides is 1. The molecule has 1 aliphatic heterocycles. The lowest BCUT2D eigenvalue weighted by molar-refractivity contribution is -0.151. The third-order valence-electron chi connectivity index (χ3n) is 3.29. The van der Waals surface area contributed by atoms with Gasteiger partial charge in [0.05, 0.1) is 0 Å². The van der Waals surface area contributed by atoms with Crippen LogP contribution in [0.15, 0.2) is 24.3 Å². The lowest BCUT2D eigenvalue weighted by atomic mass is 10.1. The average Bonchev–Trinajstić information content (AvgIpc) is 2.86. The standard InChI is InChI=1S/C14H17NO4/c1-9-4-3-5-10(8-9)15(2)13(16)11-6-7-12(19-11)14(17)18/h3-5,8,11-12H,6-7H2,1-2H3,(H,17,18). The maximum Gasteiger partial charge on any atom is 0.332 e. The fourth-order valence-electron chi connectivity index (χ4n) is 2.18. The molecule has 2 atom stereocenters. The highest BCUT2D eigenvalue weighted by molar-refractivity contribution is 5.96. The van der Waals surface area contributed by atoms with Crippen LogP contribution in [0.25, 0.3) is 0 Å². The number of ether oxygens (including phenoxy) is 1. The van der Waals surface area contributed by atoms with Crippen molar-refractivity contribution in [3.05, 3.63) is 29.8 Å². The van der Waals surface area contributed by atoms with Gasteiger partial charge in [-0.05, 0) is 37.5 Å². The van der Waals surface area contributed by atoms with Gasteiger partial charge >= 0.3 is 5.97 Å². The van der Waals surface area contributed by atoms with E-state index in [2.05, 4.69) is 0 Å². The molecule has 5 nitrogen and oxygen atoms in total. The molecule has 0 aromatic heterocycles. The minimum absolute atomic E-state index is 0.200. The van der Waals surface area contributed by atoms with E-state index in [4.69, 9.17) is 9.84 Å². The summed E-state index contributed by atoms with van der Waals surface area (Å²) in [5.41, 5.74) is 1.85. The minimum Gasteiger partial charge on any atom is -0.479 e. The van der Waals surface area contributed by atoms with E-state index in [9.17, 15) is 9.59 Å². The quantitative estimate of drug-likeness (QED) is 0.899. The van der Waals surface area contributed by atoms with Crippen LogP contribution < -0.4 is 4.90 Å². The van der Waals surface area contributed by atoms with E-state index >= 15 is 0 Å². The second-order valence-corrected chi connectivity index (χ2v) is 4.77. The first-order valence-corrected chi connectivity index (χ1v) is 6.21. The zero-order valence-electron chi connectivity index (χ0n) is 11.0. The molecule has 102 valence electrons. The summed E-state index contributed by atoms with van der Waals surface area (Å²) in [4.78, 5) is 24.6. The van der Waals surface area contributed by atoms with Crippen molar-refractivity contribution in [2.45, 2.75) is 32.0 Å². The molecular weight excluding hydrogens is 246 g/mol. The minimum atomic E-state index is -1.01. The number of carbonyl (C=O) groups excluding carboxylic acids is 1. The summed E-state index contributed by atoms with van der Waals surface area (Å²) in [5.74, 6) is -1.21. The number of hydrogen-bond donors (Lipinski definition) is 1. The Labute approximate surface area is 111 Å². The van der Waals surface area contributed by atoms with Crippen LogP contribution in [0.2, 0.25) is 0 Å². The fourth-order valence-corrected chi connectivity index (χ4v) is 2.18. The number of carbonyl (C=O) groups is 2. The summed E-state index contributed by atoms with van der Waals surface area (Å²) in [6.45, 7) is 1.95. The van der Waals surface area contributed by atoms with Crippen LogP contribution in [-0.2, 0) is 14.3 Å². The Morgan fingerprint density at radius 3 is 2.58 bits per heavy atom. The van der Waals surface area contributed by atoms with E-state index in [0.29, 0.717) is 12.8 Å². The smallest absolute Gasteiger partial charge is 0.332 e. The van der Waals surface area contributed by atoms with Gasteiger partial charge in [0.1, 0.15) is 6.10 Å². The van der Waals surface area contributed by atoms with Gasteiger partial charge in [-0.1, -0.05) is 12.1 Å². The van der Waals surface area contributed by atoms with Crippen molar-refractivity contribution in [3.63, 3.8) is 0 Å². The van der Waals surface area contributed by atoms with Crippen molar-refractivity contribution in [3.8, 4) is 0 Å². The zero-order valence-corrected chi connectivity index (χ0v) is 11.0. The van der Waals surface area contributed by atoms with Crippen LogP contribution in [0.3, 0.4) is 0 Å². The van der Waals surface area contributed by atoms with Gasteiger partial charge in [-0.3, -0.25) is 4.79 Å². The number of hydrogen-bond acceptors (Lipinski definition) is 3. The van der Waals surface area contributed by atoms with Crippen molar-refractivity contribution in [2.24, 2.45) is 0 Å². The van der Waals surface area contributed by atoms with Crippen molar-refractivity contribution >= 4 is 17.6 Å². The zero-order chi connectivity index (χ0) is 14.0. The van der Waals surface area contributed by atoms with Crippen LogP contribution in [0.4, 0.5) is 5.69 Å². The Kier molecular flexibility index (Phi) is 3.85. The molecule has 0 radical (unpaired) electrons. The molecular formula is C14H17NO4. The van der Waals surface area contributed by atoms with E-state index in [-0.39, 0.29) is 5.91 Å². The first-order chi connectivity index (χ1) is 8.99. The summed E-state index contributed by atoms with van der Waals surface area (Å²) in [6, 6.07) is 7.58. The van der Waals surface area contributed by atoms with Gasteiger partial charge in [0.25, 0.3) is 5.91 Å². The van der Waals surface area contributed by atoms with Crippen LogP contribution in [0.1, 0.15) is 18.4 Å². The second kappa shape index (κ2) is 5.40.